The van der Waals surface area contributed by atoms with Crippen LogP contribution in [0.2, 0.25) is 0 Å². The molecule has 1 aliphatic heterocycles. The summed E-state index contributed by atoms with van der Waals surface area (Å²) in [7, 11) is 0. The second kappa shape index (κ2) is 13.3. The molecule has 8 N–H and O–H groups in total. The number of nitrogens with zero attached hydrogens (tertiary/aromatic N) is 5. The van der Waals surface area contributed by atoms with Crippen LogP contribution < -0.4 is 27.0 Å². The number of aliphatic carboxylic acids is 2. The Balaban J connectivity index is 1.26. The lowest BCUT2D eigenvalue weighted by molar-refractivity contribution is -0.141. The third kappa shape index (κ3) is 7.01. The number of nitrogen functional groups attached to an aromatic ring is 2. The fourth-order valence-electron chi connectivity index (χ4n) is 5.10. The van der Waals surface area contributed by atoms with Crippen molar-refractivity contribution in [2.24, 2.45) is 0 Å². The van der Waals surface area contributed by atoms with E-state index in [0.29, 0.717) is 36.4 Å². The predicted molar refractivity (Wildman–Crippen MR) is 166 cm³/mol. The number of fused-ring (bicyclic) bond motifs is 2. The second-order valence-corrected chi connectivity index (χ2v) is 10.5. The molecule has 0 spiro atoms. The molecule has 0 bridgehead atoms. The van der Waals surface area contributed by atoms with Gasteiger partial charge in [-0.3, -0.25) is 4.79 Å². The van der Waals surface area contributed by atoms with Gasteiger partial charge in [0.25, 0.3) is 5.91 Å². The van der Waals surface area contributed by atoms with E-state index in [4.69, 9.17) is 16.2 Å². The van der Waals surface area contributed by atoms with Gasteiger partial charge in [-0.25, -0.2) is 24.4 Å². The van der Waals surface area contributed by atoms with Crippen LogP contribution in [0.25, 0.3) is 11.2 Å². The van der Waals surface area contributed by atoms with Gasteiger partial charge in [0.2, 0.25) is 5.95 Å². The number of anilines is 4. The number of nitrogens with two attached hydrogens (primary N) is 2. The molecule has 4 aromatic rings. The highest BCUT2D eigenvalue weighted by Gasteiger charge is 2.30. The summed E-state index contributed by atoms with van der Waals surface area (Å²) in [6.07, 6.45) is 1.72. The standard InChI is InChI=1S/C30H31N9O7/c1-2-46-29(45)17-4-3-5-18(11-17)34-20(27(41)42)12-21(28(43)44)36-26(40)16-6-7-22-15(10-16)8-9-39(22)14-19-13-33-25-23(35-19)24(31)37-30(32)38-25/h3-7,10-11,13,20-21,34H,2,8-9,12,14H2,1H3,(H,36,40)(H,41,42)(H,43,44)(H4,31,32,33,37,38)/t20?,21-/m0/s1. The molecular weight excluding hydrogens is 598 g/mol. The second-order valence-electron chi connectivity index (χ2n) is 10.5. The van der Waals surface area contributed by atoms with Gasteiger partial charge in [0, 0.05) is 29.9 Å². The van der Waals surface area contributed by atoms with Crippen molar-refractivity contribution >= 4 is 58.1 Å². The Morgan fingerprint density at radius 1 is 1.00 bits per heavy atom. The molecule has 0 saturated heterocycles. The summed E-state index contributed by atoms with van der Waals surface area (Å²) in [5, 5.41) is 24.8. The van der Waals surface area contributed by atoms with Crippen LogP contribution in [0.5, 0.6) is 0 Å². The Hall–Kier alpha value is -6.06. The molecule has 16 nitrogen and oxygen atoms in total. The molecule has 46 heavy (non-hydrogen) atoms. The first-order valence-corrected chi connectivity index (χ1v) is 14.2. The maximum absolute atomic E-state index is 13.1. The number of hydrogen-bond donors (Lipinski definition) is 6. The van der Waals surface area contributed by atoms with Crippen molar-refractivity contribution < 1.29 is 34.1 Å². The van der Waals surface area contributed by atoms with Crippen molar-refractivity contribution in [2.45, 2.75) is 38.4 Å². The minimum absolute atomic E-state index is 0.00603. The molecule has 3 heterocycles. The van der Waals surface area contributed by atoms with Crippen molar-refractivity contribution in [1.82, 2.24) is 25.3 Å². The molecule has 2 aromatic carbocycles. The van der Waals surface area contributed by atoms with E-state index in [2.05, 4.69) is 35.5 Å². The largest absolute Gasteiger partial charge is 0.480 e. The first-order chi connectivity index (χ1) is 22.0. The van der Waals surface area contributed by atoms with Crippen LogP contribution >= 0.6 is 0 Å². The molecule has 0 fully saturated rings. The monoisotopic (exact) mass is 629 g/mol. The summed E-state index contributed by atoms with van der Waals surface area (Å²) in [4.78, 5) is 68.2. The Morgan fingerprint density at radius 3 is 2.52 bits per heavy atom. The van der Waals surface area contributed by atoms with Gasteiger partial charge in [0.1, 0.15) is 12.1 Å². The highest BCUT2D eigenvalue weighted by molar-refractivity contribution is 5.97. The molecule has 0 saturated carbocycles. The molecule has 1 unspecified atom stereocenters. The minimum Gasteiger partial charge on any atom is -0.480 e. The van der Waals surface area contributed by atoms with Crippen LogP contribution in [0.4, 0.5) is 23.1 Å². The SMILES string of the molecule is CCOC(=O)c1cccc(NC(C[C@H](NC(=O)c2ccc3c(c2)CCN3Cc2cnc3nc(N)nc(N)c3n2)C(=O)O)C(=O)O)c1. The van der Waals surface area contributed by atoms with Gasteiger partial charge in [-0.1, -0.05) is 6.07 Å². The number of rotatable bonds is 12. The zero-order valence-corrected chi connectivity index (χ0v) is 24.6. The van der Waals surface area contributed by atoms with Gasteiger partial charge in [-0.2, -0.15) is 9.97 Å². The molecular formula is C30H31N9O7. The number of benzene rings is 2. The van der Waals surface area contributed by atoms with E-state index in [0.717, 1.165) is 11.3 Å². The number of carbonyl (C=O) groups is 4. The number of hydrogen-bond acceptors (Lipinski definition) is 13. The summed E-state index contributed by atoms with van der Waals surface area (Å²) < 4.78 is 4.97. The average molecular weight is 630 g/mol. The quantitative estimate of drug-likeness (QED) is 0.121. The van der Waals surface area contributed by atoms with Gasteiger partial charge < -0.3 is 42.0 Å². The normalized spacial score (nSPS) is 13.5. The van der Waals surface area contributed by atoms with Crippen molar-refractivity contribution in [3.63, 3.8) is 0 Å². The highest BCUT2D eigenvalue weighted by Crippen LogP contribution is 2.30. The number of aromatic nitrogens is 4. The predicted octanol–water partition coefficient (Wildman–Crippen LogP) is 1.46. The summed E-state index contributed by atoms with van der Waals surface area (Å²) in [6, 6.07) is 8.07. The van der Waals surface area contributed by atoms with Crippen LogP contribution in [0.15, 0.2) is 48.7 Å². The van der Waals surface area contributed by atoms with E-state index in [1.807, 2.05) is 0 Å². The maximum Gasteiger partial charge on any atom is 0.338 e. The number of carbonyl (C=O) groups excluding carboxylic acids is 2. The van der Waals surface area contributed by atoms with E-state index in [1.165, 1.54) is 24.3 Å². The first-order valence-electron chi connectivity index (χ1n) is 14.2. The Labute approximate surface area is 261 Å². The molecule has 1 amide bonds. The third-order valence-electron chi connectivity index (χ3n) is 7.27. The summed E-state index contributed by atoms with van der Waals surface area (Å²) in [5.41, 5.74) is 15.3. The van der Waals surface area contributed by atoms with Crippen LogP contribution in [0.3, 0.4) is 0 Å². The number of carboxylic acids is 2. The lowest BCUT2D eigenvalue weighted by Gasteiger charge is -2.22. The van der Waals surface area contributed by atoms with Gasteiger partial charge >= 0.3 is 17.9 Å². The van der Waals surface area contributed by atoms with Crippen LogP contribution in [0.1, 0.15) is 45.3 Å². The van der Waals surface area contributed by atoms with Crippen LogP contribution in [-0.4, -0.2) is 79.2 Å². The fourth-order valence-corrected chi connectivity index (χ4v) is 5.10. The molecule has 2 atom stereocenters. The molecule has 0 radical (unpaired) electrons. The Kier molecular flexibility index (Phi) is 9.06. The summed E-state index contributed by atoms with van der Waals surface area (Å²) >= 11 is 0. The number of carboxylic acid groups (broad SMARTS) is 2. The summed E-state index contributed by atoms with van der Waals surface area (Å²) in [6.45, 7) is 2.86. The lowest BCUT2D eigenvalue weighted by Crippen LogP contribution is -2.46. The smallest absolute Gasteiger partial charge is 0.338 e. The maximum atomic E-state index is 13.1. The third-order valence-corrected chi connectivity index (χ3v) is 7.27. The number of nitrogens with one attached hydrogen (secondary N) is 2. The van der Waals surface area contributed by atoms with Crippen molar-refractivity contribution in [3.05, 3.63) is 71.0 Å². The van der Waals surface area contributed by atoms with E-state index in [9.17, 15) is 29.4 Å². The number of esters is 1. The zero-order valence-electron chi connectivity index (χ0n) is 24.6. The first kappa shape index (κ1) is 31.4. The fraction of sp³-hybridized carbons (Fsp3) is 0.267. The minimum atomic E-state index is -1.53. The van der Waals surface area contributed by atoms with E-state index in [1.54, 1.807) is 31.3 Å². The van der Waals surface area contributed by atoms with Gasteiger partial charge in [0.05, 0.1) is 30.6 Å². The Bertz CT molecular complexity index is 1830. The van der Waals surface area contributed by atoms with Gasteiger partial charge in [-0.05, 0) is 55.3 Å². The molecule has 1 aliphatic rings. The number of ether oxygens (including phenoxy) is 1. The highest BCUT2D eigenvalue weighted by atomic mass is 16.5. The molecule has 238 valence electrons. The number of amides is 1. The molecule has 2 aromatic heterocycles. The van der Waals surface area contributed by atoms with Crippen molar-refractivity contribution in [2.75, 3.05) is 34.8 Å². The molecule has 5 rings (SSSR count). The summed E-state index contributed by atoms with van der Waals surface area (Å²) in [5.74, 6) is -3.86. The van der Waals surface area contributed by atoms with E-state index in [-0.39, 0.29) is 35.2 Å². The van der Waals surface area contributed by atoms with Gasteiger partial charge in [-0.15, -0.1) is 0 Å². The van der Waals surface area contributed by atoms with Crippen molar-refractivity contribution in [1.29, 1.82) is 0 Å². The van der Waals surface area contributed by atoms with Crippen LogP contribution in [0, 0.1) is 0 Å². The topological polar surface area (TPSA) is 249 Å². The van der Waals surface area contributed by atoms with E-state index >= 15 is 0 Å². The van der Waals surface area contributed by atoms with E-state index < -0.39 is 42.3 Å². The average Bonchev–Trinajstić information content (AvgIpc) is 3.42. The van der Waals surface area contributed by atoms with Gasteiger partial charge in [0.15, 0.2) is 17.0 Å². The zero-order chi connectivity index (χ0) is 33.0. The van der Waals surface area contributed by atoms with Crippen LogP contribution in [-0.2, 0) is 27.3 Å². The molecule has 16 heteroatoms. The molecule has 0 aliphatic carbocycles. The van der Waals surface area contributed by atoms with Crippen molar-refractivity contribution in [3.8, 4) is 0 Å². The Morgan fingerprint density at radius 2 is 1.78 bits per heavy atom. The lowest BCUT2D eigenvalue weighted by atomic mass is 10.0.